The predicted molar refractivity (Wildman–Crippen MR) is 84.1 cm³/mol. The highest BCUT2D eigenvalue weighted by Gasteiger charge is 2.32. The molecule has 1 unspecified atom stereocenters. The van der Waals surface area contributed by atoms with Crippen LogP contribution in [-0.2, 0) is 4.74 Å². The summed E-state index contributed by atoms with van der Waals surface area (Å²) in [6, 6.07) is 5.81. The number of benzene rings is 1. The van der Waals surface area contributed by atoms with Gasteiger partial charge in [-0.2, -0.15) is 0 Å². The van der Waals surface area contributed by atoms with Crippen molar-refractivity contribution in [2.45, 2.75) is 52.1 Å². The summed E-state index contributed by atoms with van der Waals surface area (Å²) >= 11 is 0. The SMILES string of the molecule is CCCCCCC1CN(c2ccc(C)c(OC)c2)C(=O)O1. The highest BCUT2D eigenvalue weighted by Crippen LogP contribution is 2.29. The molecule has 1 aromatic rings. The third kappa shape index (κ3) is 3.90. The Morgan fingerprint density at radius 1 is 1.33 bits per heavy atom. The van der Waals surface area contributed by atoms with Crippen LogP contribution in [0.2, 0.25) is 0 Å². The van der Waals surface area contributed by atoms with Crippen molar-refractivity contribution in [3.8, 4) is 5.75 Å². The van der Waals surface area contributed by atoms with Crippen LogP contribution < -0.4 is 9.64 Å². The van der Waals surface area contributed by atoms with E-state index in [-0.39, 0.29) is 12.2 Å². The summed E-state index contributed by atoms with van der Waals surface area (Å²) in [4.78, 5) is 13.7. The summed E-state index contributed by atoms with van der Waals surface area (Å²) in [6.45, 7) is 4.82. The minimum atomic E-state index is -0.249. The van der Waals surface area contributed by atoms with E-state index < -0.39 is 0 Å². The Labute approximate surface area is 127 Å². The van der Waals surface area contributed by atoms with E-state index in [1.54, 1.807) is 12.0 Å². The standard InChI is InChI=1S/C17H25NO3/c1-4-5-6-7-8-15-12-18(17(19)21-15)14-10-9-13(2)16(11-14)20-3/h9-11,15H,4-8,12H2,1-3H3. The van der Waals surface area contributed by atoms with Gasteiger partial charge in [-0.15, -0.1) is 0 Å². The lowest BCUT2D eigenvalue weighted by Crippen LogP contribution is -2.24. The molecule has 1 amide bonds. The van der Waals surface area contributed by atoms with E-state index in [1.165, 1.54) is 19.3 Å². The lowest BCUT2D eigenvalue weighted by atomic mass is 10.1. The van der Waals surface area contributed by atoms with Crippen molar-refractivity contribution < 1.29 is 14.3 Å². The van der Waals surface area contributed by atoms with Gasteiger partial charge < -0.3 is 9.47 Å². The first kappa shape index (κ1) is 15.7. The van der Waals surface area contributed by atoms with Crippen LogP contribution >= 0.6 is 0 Å². The van der Waals surface area contributed by atoms with Gasteiger partial charge in [-0.1, -0.05) is 32.3 Å². The molecule has 0 aromatic heterocycles. The number of nitrogens with zero attached hydrogens (tertiary/aromatic N) is 1. The second kappa shape index (κ2) is 7.34. The third-order valence-corrected chi connectivity index (χ3v) is 3.96. The van der Waals surface area contributed by atoms with E-state index in [0.717, 1.165) is 29.8 Å². The number of carbonyl (C=O) groups excluding carboxylic acids is 1. The van der Waals surface area contributed by atoms with Crippen molar-refractivity contribution >= 4 is 11.8 Å². The molecule has 1 fully saturated rings. The fraction of sp³-hybridized carbons (Fsp3) is 0.588. The Morgan fingerprint density at radius 3 is 2.86 bits per heavy atom. The molecule has 0 radical (unpaired) electrons. The molecule has 0 aliphatic carbocycles. The monoisotopic (exact) mass is 291 g/mol. The van der Waals surface area contributed by atoms with E-state index in [9.17, 15) is 4.79 Å². The van der Waals surface area contributed by atoms with Gasteiger partial charge in [-0.3, -0.25) is 4.90 Å². The molecule has 0 N–H and O–H groups in total. The Bertz CT molecular complexity index is 487. The summed E-state index contributed by atoms with van der Waals surface area (Å²) in [6.07, 6.45) is 5.52. The van der Waals surface area contributed by atoms with Crippen LogP contribution in [0.5, 0.6) is 5.75 Å². The quantitative estimate of drug-likeness (QED) is 0.703. The number of methoxy groups -OCH3 is 1. The average Bonchev–Trinajstić information content (AvgIpc) is 2.85. The minimum Gasteiger partial charge on any atom is -0.496 e. The number of hydrogen-bond acceptors (Lipinski definition) is 3. The van der Waals surface area contributed by atoms with Crippen molar-refractivity contribution in [2.75, 3.05) is 18.6 Å². The van der Waals surface area contributed by atoms with Gasteiger partial charge in [-0.25, -0.2) is 4.79 Å². The van der Waals surface area contributed by atoms with Crippen LogP contribution in [-0.4, -0.2) is 25.9 Å². The number of carbonyl (C=O) groups is 1. The van der Waals surface area contributed by atoms with Crippen LogP contribution in [0.25, 0.3) is 0 Å². The van der Waals surface area contributed by atoms with E-state index in [4.69, 9.17) is 9.47 Å². The topological polar surface area (TPSA) is 38.8 Å². The molecule has 0 spiro atoms. The zero-order valence-corrected chi connectivity index (χ0v) is 13.2. The molecule has 1 aliphatic heterocycles. The maximum absolute atomic E-state index is 12.0. The van der Waals surface area contributed by atoms with Gasteiger partial charge in [0.1, 0.15) is 11.9 Å². The maximum atomic E-state index is 12.0. The van der Waals surface area contributed by atoms with E-state index in [2.05, 4.69) is 6.92 Å². The molecule has 0 bridgehead atoms. The molecular formula is C17H25NO3. The van der Waals surface area contributed by atoms with Crippen LogP contribution in [0, 0.1) is 6.92 Å². The summed E-state index contributed by atoms with van der Waals surface area (Å²) < 4.78 is 10.8. The molecule has 0 saturated carbocycles. The second-order valence-electron chi connectivity index (χ2n) is 5.62. The Hall–Kier alpha value is -1.71. The number of aryl methyl sites for hydroxylation is 1. The van der Waals surface area contributed by atoms with Crippen molar-refractivity contribution in [2.24, 2.45) is 0 Å². The fourth-order valence-electron chi connectivity index (χ4n) is 2.66. The van der Waals surface area contributed by atoms with Crippen molar-refractivity contribution in [3.63, 3.8) is 0 Å². The Kier molecular flexibility index (Phi) is 5.48. The highest BCUT2D eigenvalue weighted by molar-refractivity contribution is 5.90. The number of amides is 1. The van der Waals surface area contributed by atoms with Gasteiger partial charge in [0.25, 0.3) is 0 Å². The number of hydrogen-bond donors (Lipinski definition) is 0. The van der Waals surface area contributed by atoms with E-state index in [0.29, 0.717) is 6.54 Å². The van der Waals surface area contributed by atoms with Gasteiger partial charge in [-0.05, 0) is 31.4 Å². The van der Waals surface area contributed by atoms with Gasteiger partial charge in [0, 0.05) is 6.07 Å². The normalized spacial score (nSPS) is 18.0. The van der Waals surface area contributed by atoms with Gasteiger partial charge in [0.05, 0.1) is 19.3 Å². The Morgan fingerprint density at radius 2 is 2.14 bits per heavy atom. The summed E-state index contributed by atoms with van der Waals surface area (Å²) in [7, 11) is 1.64. The zero-order valence-electron chi connectivity index (χ0n) is 13.2. The molecule has 4 nitrogen and oxygen atoms in total. The smallest absolute Gasteiger partial charge is 0.414 e. The first-order valence-electron chi connectivity index (χ1n) is 7.78. The lowest BCUT2D eigenvalue weighted by Gasteiger charge is -2.15. The Balaban J connectivity index is 1.96. The number of cyclic esters (lactones) is 1. The van der Waals surface area contributed by atoms with Crippen LogP contribution in [0.4, 0.5) is 10.5 Å². The summed E-state index contributed by atoms with van der Waals surface area (Å²) in [5, 5.41) is 0. The largest absolute Gasteiger partial charge is 0.496 e. The second-order valence-corrected chi connectivity index (χ2v) is 5.62. The predicted octanol–water partition coefficient (Wildman–Crippen LogP) is 4.30. The van der Waals surface area contributed by atoms with E-state index in [1.807, 2.05) is 25.1 Å². The highest BCUT2D eigenvalue weighted by atomic mass is 16.6. The van der Waals surface area contributed by atoms with Crippen molar-refractivity contribution in [1.29, 1.82) is 0 Å². The molecule has 1 saturated heterocycles. The number of anilines is 1. The molecule has 21 heavy (non-hydrogen) atoms. The minimum absolute atomic E-state index is 0.0154. The first-order valence-corrected chi connectivity index (χ1v) is 7.78. The molecule has 1 aliphatic rings. The molecule has 1 aromatic carbocycles. The average molecular weight is 291 g/mol. The van der Waals surface area contributed by atoms with E-state index >= 15 is 0 Å². The number of rotatable bonds is 7. The van der Waals surface area contributed by atoms with Gasteiger partial charge in [0.15, 0.2) is 0 Å². The maximum Gasteiger partial charge on any atom is 0.414 e. The van der Waals surface area contributed by atoms with Crippen LogP contribution in [0.1, 0.15) is 44.6 Å². The third-order valence-electron chi connectivity index (χ3n) is 3.96. The molecule has 1 atom stereocenters. The number of unbranched alkanes of at least 4 members (excludes halogenated alkanes) is 3. The summed E-state index contributed by atoms with van der Waals surface area (Å²) in [5.41, 5.74) is 1.91. The summed E-state index contributed by atoms with van der Waals surface area (Å²) in [5.74, 6) is 0.798. The van der Waals surface area contributed by atoms with Gasteiger partial charge >= 0.3 is 6.09 Å². The van der Waals surface area contributed by atoms with Crippen molar-refractivity contribution in [3.05, 3.63) is 23.8 Å². The van der Waals surface area contributed by atoms with Crippen LogP contribution in [0.15, 0.2) is 18.2 Å². The van der Waals surface area contributed by atoms with Gasteiger partial charge in [0.2, 0.25) is 0 Å². The first-order chi connectivity index (χ1) is 10.2. The molecular weight excluding hydrogens is 266 g/mol. The molecule has 116 valence electrons. The molecule has 2 rings (SSSR count). The lowest BCUT2D eigenvalue weighted by molar-refractivity contribution is 0.135. The number of ether oxygens (including phenoxy) is 2. The molecule has 1 heterocycles. The zero-order chi connectivity index (χ0) is 15.2. The molecule has 4 heteroatoms. The fourth-order valence-corrected chi connectivity index (χ4v) is 2.66. The van der Waals surface area contributed by atoms with Crippen LogP contribution in [0.3, 0.4) is 0 Å². The van der Waals surface area contributed by atoms with Crippen molar-refractivity contribution in [1.82, 2.24) is 0 Å².